The van der Waals surface area contributed by atoms with E-state index in [0.29, 0.717) is 18.5 Å². The van der Waals surface area contributed by atoms with Gasteiger partial charge in [0.25, 0.3) is 0 Å². The van der Waals surface area contributed by atoms with Gasteiger partial charge in [-0.25, -0.2) is 13.6 Å². The third-order valence-corrected chi connectivity index (χ3v) is 6.17. The summed E-state index contributed by atoms with van der Waals surface area (Å²) in [4.78, 5) is 16.3. The van der Waals surface area contributed by atoms with Gasteiger partial charge in [-0.3, -0.25) is 4.98 Å². The smallest absolute Gasteiger partial charge is 0.337 e. The van der Waals surface area contributed by atoms with E-state index in [1.54, 1.807) is 18.3 Å². The van der Waals surface area contributed by atoms with Gasteiger partial charge in [-0.05, 0) is 61.6 Å². The number of fused-ring (bicyclic) bond motifs is 1. The molecule has 7 heteroatoms. The highest BCUT2D eigenvalue weighted by atomic mass is 79.9. The molecule has 0 aliphatic heterocycles. The first-order valence-corrected chi connectivity index (χ1v) is 10.6. The molecule has 4 rings (SSSR count). The predicted octanol–water partition coefficient (Wildman–Crippen LogP) is 7.04. The van der Waals surface area contributed by atoms with Crippen LogP contribution in [0.5, 0.6) is 0 Å². The molecule has 2 N–H and O–H groups in total. The Morgan fingerprint density at radius 2 is 1.93 bits per heavy atom. The van der Waals surface area contributed by atoms with Gasteiger partial charge in [0.2, 0.25) is 5.92 Å². The summed E-state index contributed by atoms with van der Waals surface area (Å²) in [5.74, 6) is -3.72. The molecule has 1 heterocycles. The number of nitrogens with one attached hydrogen (secondary N) is 1. The van der Waals surface area contributed by atoms with Crippen molar-refractivity contribution in [2.75, 3.05) is 5.32 Å². The van der Waals surface area contributed by atoms with E-state index in [4.69, 9.17) is 0 Å². The number of halogens is 3. The molecule has 0 spiro atoms. The van der Waals surface area contributed by atoms with E-state index >= 15 is 0 Å². The SMILES string of the molecule is Cc1ccc(Nc2c(C3CCC(F)(F)CC3)cnc3ccc(Br)cc23)c(C(=O)O)c1. The summed E-state index contributed by atoms with van der Waals surface area (Å²) in [5, 5.41) is 13.8. The molecule has 1 aliphatic rings. The third kappa shape index (κ3) is 4.17. The first-order chi connectivity index (χ1) is 14.2. The molecule has 3 aromatic rings. The fourth-order valence-corrected chi connectivity index (χ4v) is 4.42. The fourth-order valence-electron chi connectivity index (χ4n) is 4.06. The molecule has 0 saturated heterocycles. The lowest BCUT2D eigenvalue weighted by Crippen LogP contribution is -2.24. The fraction of sp³-hybridized carbons (Fsp3) is 0.304. The van der Waals surface area contributed by atoms with Crippen molar-refractivity contribution < 1.29 is 18.7 Å². The Labute approximate surface area is 181 Å². The van der Waals surface area contributed by atoms with Gasteiger partial charge in [0.05, 0.1) is 22.5 Å². The van der Waals surface area contributed by atoms with Gasteiger partial charge in [-0.2, -0.15) is 0 Å². The minimum Gasteiger partial charge on any atom is -0.478 e. The number of anilines is 2. The Hall–Kier alpha value is -2.54. The Balaban J connectivity index is 1.85. The highest BCUT2D eigenvalue weighted by molar-refractivity contribution is 9.10. The Morgan fingerprint density at radius 3 is 2.63 bits per heavy atom. The maximum absolute atomic E-state index is 13.7. The number of carbonyl (C=O) groups is 1. The molecule has 1 fully saturated rings. The molecule has 1 aromatic heterocycles. The van der Waals surface area contributed by atoms with Gasteiger partial charge in [0, 0.05) is 28.9 Å². The Kier molecular flexibility index (Phi) is 5.49. The zero-order valence-electron chi connectivity index (χ0n) is 16.4. The summed E-state index contributed by atoms with van der Waals surface area (Å²) in [6.45, 7) is 1.84. The zero-order chi connectivity index (χ0) is 21.5. The topological polar surface area (TPSA) is 62.2 Å². The second-order valence-electron chi connectivity index (χ2n) is 7.86. The number of carboxylic acid groups (broad SMARTS) is 1. The molecule has 4 nitrogen and oxygen atoms in total. The molecule has 1 saturated carbocycles. The second-order valence-corrected chi connectivity index (χ2v) is 8.78. The number of aryl methyl sites for hydroxylation is 1. The first-order valence-electron chi connectivity index (χ1n) is 9.80. The molecule has 0 bridgehead atoms. The van der Waals surface area contributed by atoms with E-state index < -0.39 is 11.9 Å². The van der Waals surface area contributed by atoms with E-state index in [2.05, 4.69) is 26.2 Å². The lowest BCUT2D eigenvalue weighted by Gasteiger charge is -2.30. The van der Waals surface area contributed by atoms with Crippen LogP contribution in [0.4, 0.5) is 20.2 Å². The van der Waals surface area contributed by atoms with Crippen molar-refractivity contribution in [2.24, 2.45) is 0 Å². The molecule has 156 valence electrons. The number of pyridine rings is 1. The van der Waals surface area contributed by atoms with Gasteiger partial charge < -0.3 is 10.4 Å². The predicted molar refractivity (Wildman–Crippen MR) is 117 cm³/mol. The van der Waals surface area contributed by atoms with Crippen LogP contribution in [0.1, 0.15) is 53.1 Å². The van der Waals surface area contributed by atoms with Crippen LogP contribution in [0.3, 0.4) is 0 Å². The zero-order valence-corrected chi connectivity index (χ0v) is 18.0. The van der Waals surface area contributed by atoms with Crippen LogP contribution >= 0.6 is 15.9 Å². The maximum Gasteiger partial charge on any atom is 0.337 e. The van der Waals surface area contributed by atoms with Gasteiger partial charge in [-0.1, -0.05) is 27.6 Å². The van der Waals surface area contributed by atoms with Crippen LogP contribution in [-0.2, 0) is 0 Å². The number of aromatic nitrogens is 1. The van der Waals surface area contributed by atoms with E-state index in [-0.39, 0.29) is 24.3 Å². The van der Waals surface area contributed by atoms with E-state index in [0.717, 1.165) is 32.2 Å². The number of nitrogens with zero attached hydrogens (tertiary/aromatic N) is 1. The molecule has 2 aromatic carbocycles. The molecule has 30 heavy (non-hydrogen) atoms. The number of hydrogen-bond donors (Lipinski definition) is 2. The number of carboxylic acids is 1. The largest absolute Gasteiger partial charge is 0.478 e. The minimum atomic E-state index is -2.62. The standard InChI is InChI=1S/C23H21BrF2N2O2/c1-13-2-4-20(17(10-13)22(29)30)28-21-16-11-15(24)3-5-19(16)27-12-18(21)14-6-8-23(25,26)9-7-14/h2-5,10-12,14H,6-9H2,1H3,(H,27,28)(H,29,30). The van der Waals surface area contributed by atoms with Crippen LogP contribution in [0.25, 0.3) is 10.9 Å². The van der Waals surface area contributed by atoms with Gasteiger partial charge in [-0.15, -0.1) is 0 Å². The number of hydrogen-bond acceptors (Lipinski definition) is 3. The number of benzene rings is 2. The second kappa shape index (κ2) is 7.95. The van der Waals surface area contributed by atoms with Gasteiger partial charge in [0.15, 0.2) is 0 Å². The number of aromatic carboxylic acids is 1. The van der Waals surface area contributed by atoms with Crippen molar-refractivity contribution in [2.45, 2.75) is 44.4 Å². The van der Waals surface area contributed by atoms with Crippen LogP contribution in [0, 0.1) is 6.92 Å². The third-order valence-electron chi connectivity index (χ3n) is 5.68. The summed E-state index contributed by atoms with van der Waals surface area (Å²) in [6.07, 6.45) is 2.16. The van der Waals surface area contributed by atoms with Crippen molar-refractivity contribution in [3.8, 4) is 0 Å². The van der Waals surface area contributed by atoms with Gasteiger partial charge in [0.1, 0.15) is 0 Å². The summed E-state index contributed by atoms with van der Waals surface area (Å²) in [6, 6.07) is 10.9. The van der Waals surface area contributed by atoms with Crippen LogP contribution in [-0.4, -0.2) is 22.0 Å². The summed E-state index contributed by atoms with van der Waals surface area (Å²) in [5.41, 5.74) is 3.78. The highest BCUT2D eigenvalue weighted by Crippen LogP contribution is 2.45. The van der Waals surface area contributed by atoms with Crippen molar-refractivity contribution >= 4 is 44.2 Å². The monoisotopic (exact) mass is 474 g/mol. The molecule has 0 radical (unpaired) electrons. The normalized spacial score (nSPS) is 16.5. The average molecular weight is 475 g/mol. The lowest BCUT2D eigenvalue weighted by atomic mass is 9.81. The molecular formula is C23H21BrF2N2O2. The van der Waals surface area contributed by atoms with E-state index in [9.17, 15) is 18.7 Å². The minimum absolute atomic E-state index is 0.0678. The molecule has 0 amide bonds. The number of rotatable bonds is 4. The molecule has 1 aliphatic carbocycles. The van der Waals surface area contributed by atoms with E-state index in [1.807, 2.05) is 31.2 Å². The van der Waals surface area contributed by atoms with Gasteiger partial charge >= 0.3 is 5.97 Å². The van der Waals surface area contributed by atoms with Crippen LogP contribution in [0.2, 0.25) is 0 Å². The van der Waals surface area contributed by atoms with Crippen molar-refractivity contribution in [3.63, 3.8) is 0 Å². The van der Waals surface area contributed by atoms with Crippen molar-refractivity contribution in [1.82, 2.24) is 4.98 Å². The quantitative estimate of drug-likeness (QED) is 0.425. The van der Waals surface area contributed by atoms with Crippen molar-refractivity contribution in [1.29, 1.82) is 0 Å². The Bertz CT molecular complexity index is 1120. The van der Waals surface area contributed by atoms with E-state index in [1.165, 1.54) is 0 Å². The van der Waals surface area contributed by atoms with Crippen LogP contribution in [0.15, 0.2) is 47.1 Å². The average Bonchev–Trinajstić information content (AvgIpc) is 2.69. The summed E-state index contributed by atoms with van der Waals surface area (Å²) >= 11 is 3.49. The Morgan fingerprint density at radius 1 is 1.20 bits per heavy atom. The van der Waals surface area contributed by atoms with Crippen LogP contribution < -0.4 is 5.32 Å². The maximum atomic E-state index is 13.7. The molecule has 0 atom stereocenters. The molecule has 0 unspecified atom stereocenters. The lowest BCUT2D eigenvalue weighted by molar-refractivity contribution is -0.0381. The van der Waals surface area contributed by atoms with Crippen molar-refractivity contribution in [3.05, 3.63) is 63.8 Å². The first kappa shape index (κ1) is 20.7. The summed E-state index contributed by atoms with van der Waals surface area (Å²) in [7, 11) is 0. The highest BCUT2D eigenvalue weighted by Gasteiger charge is 2.36. The summed E-state index contributed by atoms with van der Waals surface area (Å²) < 4.78 is 28.3. The number of alkyl halides is 2. The molecular weight excluding hydrogens is 454 g/mol.